The molecule has 6 nitrogen and oxygen atoms in total. The van der Waals surface area contributed by atoms with Crippen molar-refractivity contribution < 1.29 is 14.8 Å². The molecule has 1 rings (SSSR count). The first-order valence-electron chi connectivity index (χ1n) is 3.86. The zero-order valence-corrected chi connectivity index (χ0v) is 9.81. The number of nitrogens with zero attached hydrogens (tertiary/aromatic N) is 1. The molecule has 0 saturated carbocycles. The molecule has 0 radical (unpaired) electrons. The molecule has 0 fully saturated rings. The van der Waals surface area contributed by atoms with Gasteiger partial charge in [-0.1, -0.05) is 0 Å². The average molecular weight is 322 g/mol. The van der Waals surface area contributed by atoms with Gasteiger partial charge in [-0.3, -0.25) is 15.4 Å². The van der Waals surface area contributed by atoms with E-state index < -0.39 is 11.0 Å². The predicted molar refractivity (Wildman–Crippen MR) is 62.2 cm³/mol. The minimum Gasteiger partial charge on any atom is -0.465 e. The van der Waals surface area contributed by atoms with Crippen LogP contribution in [0, 0.1) is 20.6 Å². The molecule has 7 heteroatoms. The summed E-state index contributed by atoms with van der Waals surface area (Å²) in [6.07, 6.45) is -1.32. The number of benzene rings is 1. The second-order valence-electron chi connectivity index (χ2n) is 2.81. The van der Waals surface area contributed by atoms with E-state index in [1.165, 1.54) is 12.1 Å². The number of rotatable bonds is 2. The Morgan fingerprint density at radius 1 is 1.60 bits per heavy atom. The van der Waals surface area contributed by atoms with E-state index in [1.807, 2.05) is 27.9 Å². The maximum absolute atomic E-state index is 10.6. The Labute approximate surface area is 98.6 Å². The van der Waals surface area contributed by atoms with Crippen molar-refractivity contribution in [2.75, 3.05) is 5.32 Å². The van der Waals surface area contributed by atoms with Crippen LogP contribution >= 0.6 is 22.6 Å². The first-order valence-corrected chi connectivity index (χ1v) is 4.94. The van der Waals surface area contributed by atoms with E-state index in [4.69, 9.17) is 5.11 Å². The van der Waals surface area contributed by atoms with E-state index in [2.05, 4.69) is 0 Å². The molecule has 0 aliphatic heterocycles. The number of halogens is 1. The summed E-state index contributed by atoms with van der Waals surface area (Å²) in [6, 6.07) is 2.77. The largest absolute Gasteiger partial charge is 0.465 e. The minimum atomic E-state index is -1.32. The van der Waals surface area contributed by atoms with Gasteiger partial charge in [0.15, 0.2) is 0 Å². The van der Waals surface area contributed by atoms with E-state index in [1.54, 1.807) is 6.92 Å². The van der Waals surface area contributed by atoms with Crippen molar-refractivity contribution >= 4 is 40.1 Å². The van der Waals surface area contributed by atoms with Gasteiger partial charge in [0.05, 0.1) is 4.92 Å². The molecular weight excluding hydrogens is 315 g/mol. The van der Waals surface area contributed by atoms with Gasteiger partial charge >= 0.3 is 6.09 Å². The molecule has 0 unspecified atom stereocenters. The van der Waals surface area contributed by atoms with Crippen LogP contribution in [0.5, 0.6) is 0 Å². The van der Waals surface area contributed by atoms with Gasteiger partial charge < -0.3 is 5.11 Å². The second kappa shape index (κ2) is 4.43. The van der Waals surface area contributed by atoms with Crippen LogP contribution in [0.3, 0.4) is 0 Å². The predicted octanol–water partition coefficient (Wildman–Crippen LogP) is 2.60. The molecule has 0 aliphatic rings. The van der Waals surface area contributed by atoms with Crippen LogP contribution in [-0.4, -0.2) is 16.1 Å². The maximum Gasteiger partial charge on any atom is 0.409 e. The lowest BCUT2D eigenvalue weighted by Gasteiger charge is -2.05. The Kier molecular flexibility index (Phi) is 3.45. The maximum atomic E-state index is 10.6. The lowest BCUT2D eigenvalue weighted by molar-refractivity contribution is -0.384. The molecule has 0 aliphatic carbocycles. The molecule has 0 saturated heterocycles. The highest BCUT2D eigenvalue weighted by molar-refractivity contribution is 14.1. The lowest BCUT2D eigenvalue weighted by atomic mass is 10.2. The highest BCUT2D eigenvalue weighted by atomic mass is 127. The summed E-state index contributed by atoms with van der Waals surface area (Å²) in [7, 11) is 0. The summed E-state index contributed by atoms with van der Waals surface area (Å²) < 4.78 is 0.718. The summed E-state index contributed by atoms with van der Waals surface area (Å²) >= 11 is 1.95. The fourth-order valence-electron chi connectivity index (χ4n) is 1.04. The van der Waals surface area contributed by atoms with Crippen molar-refractivity contribution in [3.63, 3.8) is 0 Å². The Morgan fingerprint density at radius 2 is 2.20 bits per heavy atom. The van der Waals surface area contributed by atoms with E-state index in [-0.39, 0.29) is 11.4 Å². The van der Waals surface area contributed by atoms with E-state index in [9.17, 15) is 14.9 Å². The number of nitrogens with one attached hydrogen (secondary N) is 1. The van der Waals surface area contributed by atoms with E-state index in [0.29, 0.717) is 0 Å². The fourth-order valence-corrected chi connectivity index (χ4v) is 1.49. The number of aryl methyl sites for hydroxylation is 1. The first kappa shape index (κ1) is 11.7. The Bertz CT molecular complexity index is 433. The standard InChI is InChI=1S/C8H7IN2O4/c1-4-2-6(10-8(12)13)7(11(14)15)3-5(4)9/h2-3,10H,1H3,(H,12,13). The van der Waals surface area contributed by atoms with Crippen molar-refractivity contribution in [1.82, 2.24) is 0 Å². The zero-order chi connectivity index (χ0) is 11.6. The molecule has 1 aromatic rings. The van der Waals surface area contributed by atoms with Crippen LogP contribution in [-0.2, 0) is 0 Å². The van der Waals surface area contributed by atoms with Gasteiger partial charge in [0.1, 0.15) is 5.69 Å². The van der Waals surface area contributed by atoms with Crippen molar-refractivity contribution in [1.29, 1.82) is 0 Å². The van der Waals surface area contributed by atoms with Crippen LogP contribution in [0.25, 0.3) is 0 Å². The summed E-state index contributed by atoms with van der Waals surface area (Å²) in [4.78, 5) is 20.4. The monoisotopic (exact) mass is 322 g/mol. The van der Waals surface area contributed by atoms with Gasteiger partial charge in [-0.15, -0.1) is 0 Å². The third-order valence-electron chi connectivity index (χ3n) is 1.72. The Hall–Kier alpha value is -1.38. The number of hydrogen-bond acceptors (Lipinski definition) is 3. The number of amides is 1. The number of anilines is 1. The number of nitro groups is 1. The SMILES string of the molecule is Cc1cc(NC(=O)O)c([N+](=O)[O-])cc1I. The Morgan fingerprint density at radius 3 is 2.67 bits per heavy atom. The first-order chi connectivity index (χ1) is 6.91. The summed E-state index contributed by atoms with van der Waals surface area (Å²) in [5.41, 5.74) is 0.530. The Balaban J connectivity index is 3.28. The molecule has 1 amide bonds. The van der Waals surface area contributed by atoms with Gasteiger partial charge in [-0.2, -0.15) is 0 Å². The number of hydrogen-bond donors (Lipinski definition) is 2. The summed E-state index contributed by atoms with van der Waals surface area (Å²) in [5.74, 6) is 0. The molecule has 0 bridgehead atoms. The van der Waals surface area contributed by atoms with Gasteiger partial charge in [0.2, 0.25) is 0 Å². The molecule has 0 atom stereocenters. The molecule has 1 aromatic carbocycles. The number of carbonyl (C=O) groups is 1. The van der Waals surface area contributed by atoms with Crippen molar-refractivity contribution in [3.05, 3.63) is 31.4 Å². The van der Waals surface area contributed by atoms with Crippen LogP contribution < -0.4 is 5.32 Å². The normalized spacial score (nSPS) is 9.73. The minimum absolute atomic E-state index is 0.00887. The summed E-state index contributed by atoms with van der Waals surface area (Å²) in [5, 5.41) is 21.1. The zero-order valence-electron chi connectivity index (χ0n) is 7.65. The van der Waals surface area contributed by atoms with E-state index in [0.717, 1.165) is 9.13 Å². The van der Waals surface area contributed by atoms with Crippen molar-refractivity contribution in [2.45, 2.75) is 6.92 Å². The van der Waals surface area contributed by atoms with Crippen molar-refractivity contribution in [3.8, 4) is 0 Å². The van der Waals surface area contributed by atoms with Gasteiger partial charge in [-0.25, -0.2) is 4.79 Å². The second-order valence-corrected chi connectivity index (χ2v) is 3.97. The highest BCUT2D eigenvalue weighted by Crippen LogP contribution is 2.28. The molecule has 15 heavy (non-hydrogen) atoms. The molecule has 0 heterocycles. The number of carboxylic acid groups (broad SMARTS) is 1. The van der Waals surface area contributed by atoms with Gasteiger partial charge in [0, 0.05) is 9.64 Å². The van der Waals surface area contributed by atoms with E-state index >= 15 is 0 Å². The third kappa shape index (κ3) is 2.78. The molecule has 2 N–H and O–H groups in total. The van der Waals surface area contributed by atoms with Crippen LogP contribution in [0.1, 0.15) is 5.56 Å². The lowest BCUT2D eigenvalue weighted by Crippen LogP contribution is -2.09. The third-order valence-corrected chi connectivity index (χ3v) is 2.88. The van der Waals surface area contributed by atoms with Crippen LogP contribution in [0.15, 0.2) is 12.1 Å². The number of nitro benzene ring substituents is 1. The highest BCUT2D eigenvalue weighted by Gasteiger charge is 2.17. The molecule has 0 spiro atoms. The van der Waals surface area contributed by atoms with Crippen LogP contribution in [0.4, 0.5) is 16.2 Å². The summed E-state index contributed by atoms with van der Waals surface area (Å²) in [6.45, 7) is 1.75. The van der Waals surface area contributed by atoms with Crippen LogP contribution in [0.2, 0.25) is 0 Å². The molecule has 80 valence electrons. The fraction of sp³-hybridized carbons (Fsp3) is 0.125. The quantitative estimate of drug-likeness (QED) is 0.497. The molecular formula is C8H7IN2O4. The van der Waals surface area contributed by atoms with Gasteiger partial charge in [-0.05, 0) is 41.1 Å². The molecule has 0 aromatic heterocycles. The van der Waals surface area contributed by atoms with Gasteiger partial charge in [0.25, 0.3) is 5.69 Å². The topological polar surface area (TPSA) is 92.5 Å². The average Bonchev–Trinajstić information content (AvgIpc) is 2.09. The smallest absolute Gasteiger partial charge is 0.409 e. The van der Waals surface area contributed by atoms with Crippen molar-refractivity contribution in [2.24, 2.45) is 0 Å².